The van der Waals surface area contributed by atoms with Crippen molar-refractivity contribution in [2.75, 3.05) is 6.54 Å². The van der Waals surface area contributed by atoms with Crippen molar-refractivity contribution in [1.82, 2.24) is 4.31 Å². The fourth-order valence-electron chi connectivity index (χ4n) is 5.86. The van der Waals surface area contributed by atoms with E-state index in [0.29, 0.717) is 17.4 Å². The molecule has 1 spiro atoms. The Hall–Kier alpha value is -2.33. The lowest BCUT2D eigenvalue weighted by Crippen LogP contribution is -2.39. The molecule has 1 heterocycles. The molecule has 3 nitrogen and oxygen atoms in total. The maximum Gasteiger partial charge on any atom is 0.263 e. The smallest absolute Gasteiger partial charge is 0.263 e. The summed E-state index contributed by atoms with van der Waals surface area (Å²) in [6.45, 7) is 6.96. The molecule has 0 N–H and O–H groups in total. The molecule has 29 heavy (non-hydrogen) atoms. The van der Waals surface area contributed by atoms with Gasteiger partial charge >= 0.3 is 0 Å². The van der Waals surface area contributed by atoms with Crippen LogP contribution in [0.4, 0.5) is 0 Å². The van der Waals surface area contributed by atoms with Crippen LogP contribution in [0.3, 0.4) is 0 Å². The number of benzene rings is 2. The van der Waals surface area contributed by atoms with Gasteiger partial charge in [-0.2, -0.15) is 0 Å². The Labute approximate surface area is 173 Å². The quantitative estimate of drug-likeness (QED) is 0.659. The number of nitrogens with zero attached hydrogens (tertiary/aromatic N) is 1. The molecule has 3 atom stereocenters. The Balaban J connectivity index is 1.59. The molecule has 2 aromatic carbocycles. The summed E-state index contributed by atoms with van der Waals surface area (Å²) in [5.74, 6) is 0.454. The van der Waals surface area contributed by atoms with Crippen LogP contribution >= 0.6 is 0 Å². The van der Waals surface area contributed by atoms with E-state index in [2.05, 4.69) is 44.2 Å². The summed E-state index contributed by atoms with van der Waals surface area (Å²) in [4.78, 5) is 0.368. The maximum atomic E-state index is 13.4. The van der Waals surface area contributed by atoms with Crippen LogP contribution in [0, 0.1) is 18.3 Å². The minimum Gasteiger partial charge on any atom is -0.273 e. The first-order chi connectivity index (χ1) is 13.8. The van der Waals surface area contributed by atoms with Crippen molar-refractivity contribution >= 4 is 10.0 Å². The highest BCUT2D eigenvalue weighted by molar-refractivity contribution is 7.89. The van der Waals surface area contributed by atoms with Crippen LogP contribution in [0.5, 0.6) is 0 Å². The Morgan fingerprint density at radius 2 is 1.62 bits per heavy atom. The van der Waals surface area contributed by atoms with Gasteiger partial charge in [0, 0.05) is 23.6 Å². The molecule has 0 amide bonds. The Morgan fingerprint density at radius 1 is 0.931 bits per heavy atom. The van der Waals surface area contributed by atoms with Gasteiger partial charge in [-0.1, -0.05) is 65.3 Å². The van der Waals surface area contributed by atoms with Gasteiger partial charge in [0.1, 0.15) is 0 Å². The third kappa shape index (κ3) is 2.45. The zero-order valence-electron chi connectivity index (χ0n) is 17.2. The predicted octanol–water partition coefficient (Wildman–Crippen LogP) is 5.20. The van der Waals surface area contributed by atoms with E-state index in [1.807, 2.05) is 31.3 Å². The molecular formula is C25H27NO2S. The largest absolute Gasteiger partial charge is 0.273 e. The summed E-state index contributed by atoms with van der Waals surface area (Å²) in [5.41, 5.74) is 5.15. The van der Waals surface area contributed by atoms with Crippen LogP contribution in [0.25, 0.3) is 0 Å². The Bertz CT molecular complexity index is 1130. The molecule has 3 unspecified atom stereocenters. The van der Waals surface area contributed by atoms with Gasteiger partial charge in [0.05, 0.1) is 4.90 Å². The van der Waals surface area contributed by atoms with E-state index in [4.69, 9.17) is 0 Å². The normalized spacial score (nSPS) is 30.7. The van der Waals surface area contributed by atoms with Crippen molar-refractivity contribution in [1.29, 1.82) is 0 Å². The van der Waals surface area contributed by atoms with Gasteiger partial charge in [0.15, 0.2) is 0 Å². The van der Waals surface area contributed by atoms with Gasteiger partial charge in [0.2, 0.25) is 0 Å². The molecule has 3 aliphatic rings. The molecule has 150 valence electrons. The molecule has 2 aliphatic carbocycles. The summed E-state index contributed by atoms with van der Waals surface area (Å²) < 4.78 is 28.4. The van der Waals surface area contributed by atoms with E-state index in [9.17, 15) is 8.42 Å². The standard InChI is InChI=1S/C25H27NO2S/c1-18-9-11-22(12-10-18)29(27,28)26-14-13-25(21-7-5-4-6-8-21)23-15-19(2)20(3)16-24(23,25)17-26/h4-14,23H,15-17H2,1-3H3. The third-order valence-electron chi connectivity index (χ3n) is 7.60. The number of allylic oxidation sites excluding steroid dienone is 3. The van der Waals surface area contributed by atoms with Crippen LogP contribution in [0.15, 0.2) is 82.9 Å². The zero-order chi connectivity index (χ0) is 20.4. The van der Waals surface area contributed by atoms with Crippen LogP contribution < -0.4 is 0 Å². The number of aryl methyl sites for hydroxylation is 1. The monoisotopic (exact) mass is 405 g/mol. The molecule has 1 aliphatic heterocycles. The van der Waals surface area contributed by atoms with Crippen molar-refractivity contribution in [3.05, 3.63) is 89.1 Å². The second kappa shape index (κ2) is 6.09. The van der Waals surface area contributed by atoms with E-state index in [1.165, 1.54) is 16.7 Å². The number of rotatable bonds is 3. The second-order valence-corrected chi connectivity index (χ2v) is 11.0. The number of hydrogen-bond acceptors (Lipinski definition) is 2. The van der Waals surface area contributed by atoms with E-state index in [1.54, 1.807) is 16.4 Å². The summed E-state index contributed by atoms with van der Waals surface area (Å²) in [6.07, 6.45) is 6.02. The van der Waals surface area contributed by atoms with Crippen LogP contribution in [0.2, 0.25) is 0 Å². The molecule has 1 fully saturated rings. The van der Waals surface area contributed by atoms with E-state index >= 15 is 0 Å². The summed E-state index contributed by atoms with van der Waals surface area (Å²) >= 11 is 0. The van der Waals surface area contributed by atoms with E-state index in [0.717, 1.165) is 18.4 Å². The van der Waals surface area contributed by atoms with Crippen molar-refractivity contribution in [2.24, 2.45) is 11.3 Å². The highest BCUT2D eigenvalue weighted by Crippen LogP contribution is 2.78. The van der Waals surface area contributed by atoms with Crippen molar-refractivity contribution in [3.8, 4) is 0 Å². The van der Waals surface area contributed by atoms with Crippen LogP contribution in [0.1, 0.15) is 37.8 Å². The van der Waals surface area contributed by atoms with Crippen LogP contribution in [-0.2, 0) is 15.4 Å². The van der Waals surface area contributed by atoms with Gasteiger partial charge in [-0.15, -0.1) is 0 Å². The maximum absolute atomic E-state index is 13.4. The SMILES string of the molecule is CC1=C(C)CC23CN(S(=O)(=O)c4ccc(C)cc4)C=CC2(c2ccccc2)C3C1. The fraction of sp³-hybridized carbons (Fsp3) is 0.360. The molecule has 0 aromatic heterocycles. The van der Waals surface area contributed by atoms with Gasteiger partial charge in [-0.05, 0) is 57.2 Å². The molecule has 0 radical (unpaired) electrons. The number of sulfonamides is 1. The first-order valence-electron chi connectivity index (χ1n) is 10.3. The van der Waals surface area contributed by atoms with Gasteiger partial charge < -0.3 is 0 Å². The van der Waals surface area contributed by atoms with Gasteiger partial charge in [-0.25, -0.2) is 8.42 Å². The van der Waals surface area contributed by atoms with Crippen molar-refractivity contribution in [2.45, 2.75) is 43.9 Å². The summed E-state index contributed by atoms with van der Waals surface area (Å²) in [5, 5.41) is 0. The molecule has 0 saturated heterocycles. The predicted molar refractivity (Wildman–Crippen MR) is 116 cm³/mol. The highest BCUT2D eigenvalue weighted by Gasteiger charge is 2.77. The molecule has 4 heteroatoms. The molecule has 1 saturated carbocycles. The zero-order valence-corrected chi connectivity index (χ0v) is 18.0. The lowest BCUT2D eigenvalue weighted by Gasteiger charge is -2.35. The number of fused-ring (bicyclic) bond motifs is 1. The lowest BCUT2D eigenvalue weighted by molar-refractivity contribution is 0.315. The van der Waals surface area contributed by atoms with Crippen molar-refractivity contribution < 1.29 is 8.42 Å². The summed E-state index contributed by atoms with van der Waals surface area (Å²) in [7, 11) is -3.55. The molecule has 2 aromatic rings. The average Bonchev–Trinajstić information content (AvgIpc) is 3.31. The fourth-order valence-corrected chi connectivity index (χ4v) is 7.24. The molecule has 5 rings (SSSR count). The lowest BCUT2D eigenvalue weighted by atomic mass is 9.79. The Morgan fingerprint density at radius 3 is 2.31 bits per heavy atom. The van der Waals surface area contributed by atoms with E-state index < -0.39 is 10.0 Å². The summed E-state index contributed by atoms with van der Waals surface area (Å²) in [6, 6.07) is 17.8. The Kier molecular flexibility index (Phi) is 3.92. The third-order valence-corrected chi connectivity index (χ3v) is 9.33. The average molecular weight is 406 g/mol. The number of hydrogen-bond donors (Lipinski definition) is 0. The van der Waals surface area contributed by atoms with Crippen LogP contribution in [-0.4, -0.2) is 19.3 Å². The second-order valence-electron chi connectivity index (χ2n) is 9.06. The first kappa shape index (κ1) is 18.7. The van der Waals surface area contributed by atoms with Crippen molar-refractivity contribution in [3.63, 3.8) is 0 Å². The van der Waals surface area contributed by atoms with Gasteiger partial charge in [0.25, 0.3) is 10.0 Å². The minimum atomic E-state index is -3.55. The van der Waals surface area contributed by atoms with E-state index in [-0.39, 0.29) is 10.8 Å². The molecular weight excluding hydrogens is 378 g/mol. The minimum absolute atomic E-state index is 0.0511. The molecule has 0 bridgehead atoms. The topological polar surface area (TPSA) is 37.4 Å². The first-order valence-corrected chi connectivity index (χ1v) is 11.7. The van der Waals surface area contributed by atoms with Gasteiger partial charge in [-0.3, -0.25) is 4.31 Å². The highest BCUT2D eigenvalue weighted by atomic mass is 32.2.